The normalized spacial score (nSPS) is 17.9. The lowest BCUT2D eigenvalue weighted by Gasteiger charge is -2.40. The van der Waals surface area contributed by atoms with Crippen molar-refractivity contribution < 1.29 is 13.9 Å². The van der Waals surface area contributed by atoms with Crippen molar-refractivity contribution in [2.45, 2.75) is 19.9 Å². The van der Waals surface area contributed by atoms with Gasteiger partial charge in [0.25, 0.3) is 0 Å². The number of hydrogen-bond donors (Lipinski definition) is 0. The van der Waals surface area contributed by atoms with Crippen LogP contribution in [0.2, 0.25) is 0 Å². The summed E-state index contributed by atoms with van der Waals surface area (Å²) < 4.78 is 17.9. The molecule has 1 aliphatic heterocycles. The van der Waals surface area contributed by atoms with Crippen molar-refractivity contribution in [3.8, 4) is 0 Å². The van der Waals surface area contributed by atoms with Crippen LogP contribution in [-0.2, 0) is 9.53 Å². The number of nitrogens with zero attached hydrogens (tertiary/aromatic N) is 2. The summed E-state index contributed by atoms with van der Waals surface area (Å²) in [5, 5.41) is 0. The van der Waals surface area contributed by atoms with Gasteiger partial charge in [-0.2, -0.15) is 0 Å². The fraction of sp³-hybridized carbons (Fsp3) is 0.562. The van der Waals surface area contributed by atoms with Gasteiger partial charge in [0, 0.05) is 31.9 Å². The molecule has 0 N–H and O–H groups in total. The van der Waals surface area contributed by atoms with E-state index in [0.29, 0.717) is 0 Å². The first kappa shape index (κ1) is 15.8. The monoisotopic (exact) mass is 294 g/mol. The van der Waals surface area contributed by atoms with Crippen molar-refractivity contribution in [2.24, 2.45) is 5.92 Å². The van der Waals surface area contributed by atoms with Gasteiger partial charge in [0.1, 0.15) is 11.9 Å². The molecule has 0 radical (unpaired) electrons. The van der Waals surface area contributed by atoms with E-state index in [-0.39, 0.29) is 23.7 Å². The molecule has 1 aromatic rings. The van der Waals surface area contributed by atoms with Crippen molar-refractivity contribution >= 4 is 11.7 Å². The zero-order chi connectivity index (χ0) is 15.4. The van der Waals surface area contributed by atoms with E-state index in [2.05, 4.69) is 9.80 Å². The Bertz CT molecular complexity index is 468. The quantitative estimate of drug-likeness (QED) is 0.797. The fourth-order valence-electron chi connectivity index (χ4n) is 2.87. The molecule has 5 heteroatoms. The summed E-state index contributed by atoms with van der Waals surface area (Å²) in [6.07, 6.45) is 0. The largest absolute Gasteiger partial charge is 0.468 e. The highest BCUT2D eigenvalue weighted by Gasteiger charge is 2.32. The zero-order valence-electron chi connectivity index (χ0n) is 12.9. The number of halogens is 1. The summed E-state index contributed by atoms with van der Waals surface area (Å²) in [5.41, 5.74) is 1.02. The van der Waals surface area contributed by atoms with Crippen LogP contribution in [0.4, 0.5) is 10.1 Å². The lowest BCUT2D eigenvalue weighted by atomic mass is 10.0. The van der Waals surface area contributed by atoms with Gasteiger partial charge in [-0.3, -0.25) is 9.69 Å². The number of benzene rings is 1. The van der Waals surface area contributed by atoms with Crippen LogP contribution in [0.5, 0.6) is 0 Å². The summed E-state index contributed by atoms with van der Waals surface area (Å²) >= 11 is 0. The molecule has 1 aliphatic rings. The van der Waals surface area contributed by atoms with Crippen LogP contribution in [0.25, 0.3) is 0 Å². The maximum atomic E-state index is 13.0. The average Bonchev–Trinajstić information content (AvgIpc) is 2.48. The molecule has 1 fully saturated rings. The van der Waals surface area contributed by atoms with Gasteiger partial charge in [0.05, 0.1) is 7.11 Å². The lowest BCUT2D eigenvalue weighted by molar-refractivity contribution is -0.149. The van der Waals surface area contributed by atoms with Crippen LogP contribution in [0.3, 0.4) is 0 Å². The number of carbonyl (C=O) groups is 1. The third-order valence-corrected chi connectivity index (χ3v) is 3.97. The third kappa shape index (κ3) is 3.73. The number of ether oxygens (including phenoxy) is 1. The molecule has 0 saturated carbocycles. The van der Waals surface area contributed by atoms with Crippen LogP contribution in [0.1, 0.15) is 13.8 Å². The van der Waals surface area contributed by atoms with E-state index in [9.17, 15) is 9.18 Å². The minimum atomic E-state index is -0.219. The molecular weight excluding hydrogens is 271 g/mol. The summed E-state index contributed by atoms with van der Waals surface area (Å²) in [5.74, 6) is -0.169. The molecular formula is C16H23FN2O2. The second kappa shape index (κ2) is 6.89. The number of esters is 1. The Balaban J connectivity index is 1.98. The third-order valence-electron chi connectivity index (χ3n) is 3.97. The summed E-state index contributed by atoms with van der Waals surface area (Å²) in [6, 6.07) is 6.36. The van der Waals surface area contributed by atoms with E-state index in [0.717, 1.165) is 31.9 Å². The highest BCUT2D eigenvalue weighted by Crippen LogP contribution is 2.20. The van der Waals surface area contributed by atoms with Crippen LogP contribution in [-0.4, -0.2) is 50.2 Å². The Hall–Kier alpha value is -1.62. The van der Waals surface area contributed by atoms with E-state index in [1.54, 1.807) is 12.1 Å². The topological polar surface area (TPSA) is 32.8 Å². The predicted molar refractivity (Wildman–Crippen MR) is 80.8 cm³/mol. The van der Waals surface area contributed by atoms with Gasteiger partial charge >= 0.3 is 5.97 Å². The second-order valence-corrected chi connectivity index (χ2v) is 5.71. The molecule has 1 aromatic carbocycles. The van der Waals surface area contributed by atoms with Crippen molar-refractivity contribution in [1.82, 2.24) is 4.90 Å². The van der Waals surface area contributed by atoms with Gasteiger partial charge in [0.15, 0.2) is 0 Å². The molecule has 1 saturated heterocycles. The minimum absolute atomic E-state index is 0.166. The SMILES string of the molecule is COC(=O)C(C(C)C)N1CCN(c2ccc(F)cc2)CC1. The number of methoxy groups -OCH3 is 1. The number of piperazine rings is 1. The summed E-state index contributed by atoms with van der Waals surface area (Å²) in [6.45, 7) is 7.32. The van der Waals surface area contributed by atoms with Gasteiger partial charge in [-0.1, -0.05) is 13.8 Å². The summed E-state index contributed by atoms with van der Waals surface area (Å²) in [7, 11) is 1.44. The Morgan fingerprint density at radius 3 is 2.19 bits per heavy atom. The molecule has 1 heterocycles. The van der Waals surface area contributed by atoms with Gasteiger partial charge in [-0.25, -0.2) is 4.39 Å². The van der Waals surface area contributed by atoms with E-state index in [1.807, 2.05) is 13.8 Å². The number of rotatable bonds is 4. The van der Waals surface area contributed by atoms with E-state index < -0.39 is 0 Å². The van der Waals surface area contributed by atoms with E-state index in [4.69, 9.17) is 4.74 Å². The first-order chi connectivity index (χ1) is 10.0. The van der Waals surface area contributed by atoms with Crippen LogP contribution < -0.4 is 4.90 Å². The molecule has 1 atom stereocenters. The first-order valence-corrected chi connectivity index (χ1v) is 7.35. The Kier molecular flexibility index (Phi) is 5.17. The molecule has 0 bridgehead atoms. The average molecular weight is 294 g/mol. The van der Waals surface area contributed by atoms with Gasteiger partial charge in [-0.15, -0.1) is 0 Å². The van der Waals surface area contributed by atoms with Gasteiger partial charge in [0.2, 0.25) is 0 Å². The fourth-order valence-corrected chi connectivity index (χ4v) is 2.87. The van der Waals surface area contributed by atoms with Crippen molar-refractivity contribution in [3.05, 3.63) is 30.1 Å². The Morgan fingerprint density at radius 1 is 1.14 bits per heavy atom. The summed E-state index contributed by atoms with van der Waals surface area (Å²) in [4.78, 5) is 16.3. The molecule has 116 valence electrons. The Morgan fingerprint density at radius 2 is 1.71 bits per heavy atom. The molecule has 0 aliphatic carbocycles. The predicted octanol–water partition coefficient (Wildman–Crippen LogP) is 2.15. The van der Waals surface area contributed by atoms with Crippen LogP contribution >= 0.6 is 0 Å². The van der Waals surface area contributed by atoms with E-state index >= 15 is 0 Å². The molecule has 0 aromatic heterocycles. The molecule has 0 spiro atoms. The smallest absolute Gasteiger partial charge is 0.323 e. The number of carbonyl (C=O) groups excluding carboxylic acids is 1. The highest BCUT2D eigenvalue weighted by atomic mass is 19.1. The highest BCUT2D eigenvalue weighted by molar-refractivity contribution is 5.76. The Labute approximate surface area is 125 Å². The first-order valence-electron chi connectivity index (χ1n) is 7.35. The lowest BCUT2D eigenvalue weighted by Crippen LogP contribution is -2.54. The van der Waals surface area contributed by atoms with Gasteiger partial charge in [-0.05, 0) is 30.2 Å². The molecule has 4 nitrogen and oxygen atoms in total. The van der Waals surface area contributed by atoms with Crippen molar-refractivity contribution in [2.75, 3.05) is 38.2 Å². The van der Waals surface area contributed by atoms with Crippen LogP contribution in [0.15, 0.2) is 24.3 Å². The molecule has 2 rings (SSSR count). The van der Waals surface area contributed by atoms with Crippen molar-refractivity contribution in [1.29, 1.82) is 0 Å². The van der Waals surface area contributed by atoms with Crippen molar-refractivity contribution in [3.63, 3.8) is 0 Å². The molecule has 0 amide bonds. The maximum absolute atomic E-state index is 13.0. The minimum Gasteiger partial charge on any atom is -0.468 e. The molecule has 1 unspecified atom stereocenters. The standard InChI is InChI=1S/C16H23FN2O2/c1-12(2)15(16(20)21-3)19-10-8-18(9-11-19)14-6-4-13(17)5-7-14/h4-7,12,15H,8-11H2,1-3H3. The number of hydrogen-bond acceptors (Lipinski definition) is 4. The van der Waals surface area contributed by atoms with Crippen LogP contribution in [0, 0.1) is 11.7 Å². The van der Waals surface area contributed by atoms with E-state index in [1.165, 1.54) is 19.2 Å². The van der Waals surface area contributed by atoms with Gasteiger partial charge < -0.3 is 9.64 Å². The second-order valence-electron chi connectivity index (χ2n) is 5.71. The maximum Gasteiger partial charge on any atom is 0.323 e. The number of anilines is 1. The zero-order valence-corrected chi connectivity index (χ0v) is 12.9. The molecule has 21 heavy (non-hydrogen) atoms.